The van der Waals surface area contributed by atoms with Crippen molar-refractivity contribution in [1.29, 1.82) is 0 Å². The summed E-state index contributed by atoms with van der Waals surface area (Å²) in [4.78, 5) is 21.9. The van der Waals surface area contributed by atoms with Crippen molar-refractivity contribution in [3.8, 4) is 0 Å². The Kier molecular flexibility index (Phi) is 15.5. The van der Waals surface area contributed by atoms with Crippen molar-refractivity contribution >= 4 is 11.8 Å². The minimum absolute atomic E-state index is 0.118. The van der Waals surface area contributed by atoms with Crippen molar-refractivity contribution in [2.75, 3.05) is 0 Å². The topological polar surface area (TPSA) is 43.4 Å². The van der Waals surface area contributed by atoms with Crippen LogP contribution in [-0.2, 0) is 14.3 Å². The number of hydrogen-bond donors (Lipinski definition) is 0. The SMILES string of the molecule is CCCCC(CCCCCCCC=CC=CCC(C)=O)OC(C)=O. The largest absolute Gasteiger partial charge is 0.463 e. The van der Waals surface area contributed by atoms with Crippen LogP contribution in [0.25, 0.3) is 0 Å². The van der Waals surface area contributed by atoms with Gasteiger partial charge in [-0.25, -0.2) is 0 Å². The maximum absolute atomic E-state index is 11.1. The third-order valence-corrected chi connectivity index (χ3v) is 3.90. The molecular weight excluding hydrogens is 300 g/mol. The number of esters is 1. The first-order valence-corrected chi connectivity index (χ1v) is 9.54. The van der Waals surface area contributed by atoms with Crippen LogP contribution in [0.3, 0.4) is 0 Å². The molecule has 3 heteroatoms. The van der Waals surface area contributed by atoms with Crippen LogP contribution < -0.4 is 0 Å². The van der Waals surface area contributed by atoms with Crippen molar-refractivity contribution in [1.82, 2.24) is 0 Å². The van der Waals surface area contributed by atoms with Crippen LogP contribution >= 0.6 is 0 Å². The van der Waals surface area contributed by atoms with E-state index >= 15 is 0 Å². The number of ether oxygens (including phenoxy) is 1. The third-order valence-electron chi connectivity index (χ3n) is 3.90. The smallest absolute Gasteiger partial charge is 0.302 e. The molecule has 0 spiro atoms. The molecule has 24 heavy (non-hydrogen) atoms. The number of rotatable bonds is 15. The van der Waals surface area contributed by atoms with Gasteiger partial charge in [0.25, 0.3) is 0 Å². The normalized spacial score (nSPS) is 12.8. The predicted molar refractivity (Wildman–Crippen MR) is 101 cm³/mol. The first-order chi connectivity index (χ1) is 11.6. The number of carbonyl (C=O) groups excluding carboxylic acids is 2. The summed E-state index contributed by atoms with van der Waals surface area (Å²) in [6, 6.07) is 0. The molecule has 0 aromatic carbocycles. The lowest BCUT2D eigenvalue weighted by Gasteiger charge is -2.16. The number of hydrogen-bond acceptors (Lipinski definition) is 3. The number of ketones is 1. The van der Waals surface area contributed by atoms with Gasteiger partial charge in [-0.3, -0.25) is 9.59 Å². The summed E-state index contributed by atoms with van der Waals surface area (Å²) in [6.45, 7) is 5.27. The lowest BCUT2D eigenvalue weighted by atomic mass is 10.0. The molecule has 0 N–H and O–H groups in total. The number of Topliss-reactive ketones (excluding diaryl/α,β-unsaturated/α-hetero) is 1. The second-order valence-electron chi connectivity index (χ2n) is 6.48. The van der Waals surface area contributed by atoms with Gasteiger partial charge in [0, 0.05) is 13.3 Å². The molecule has 1 atom stereocenters. The minimum Gasteiger partial charge on any atom is -0.463 e. The maximum atomic E-state index is 11.1. The zero-order valence-corrected chi connectivity index (χ0v) is 15.9. The van der Waals surface area contributed by atoms with E-state index in [1.54, 1.807) is 6.92 Å². The highest BCUT2D eigenvalue weighted by molar-refractivity contribution is 5.77. The molecule has 0 fully saturated rings. The third kappa shape index (κ3) is 17.0. The molecule has 0 aliphatic heterocycles. The van der Waals surface area contributed by atoms with Crippen molar-refractivity contribution in [2.24, 2.45) is 0 Å². The van der Waals surface area contributed by atoms with E-state index in [1.165, 1.54) is 32.6 Å². The van der Waals surface area contributed by atoms with Gasteiger partial charge in [0.2, 0.25) is 0 Å². The van der Waals surface area contributed by atoms with Gasteiger partial charge in [-0.1, -0.05) is 63.3 Å². The summed E-state index contributed by atoms with van der Waals surface area (Å²) >= 11 is 0. The quantitative estimate of drug-likeness (QED) is 0.211. The molecule has 0 bridgehead atoms. The molecule has 0 aromatic rings. The van der Waals surface area contributed by atoms with E-state index < -0.39 is 0 Å². The first-order valence-electron chi connectivity index (χ1n) is 9.54. The monoisotopic (exact) mass is 336 g/mol. The van der Waals surface area contributed by atoms with Crippen LogP contribution in [0.1, 0.15) is 91.4 Å². The Morgan fingerprint density at radius 1 is 0.875 bits per heavy atom. The first kappa shape index (κ1) is 22.6. The second kappa shape index (κ2) is 16.5. The van der Waals surface area contributed by atoms with Gasteiger partial charge in [0.1, 0.15) is 11.9 Å². The van der Waals surface area contributed by atoms with Crippen LogP contribution in [0.15, 0.2) is 24.3 Å². The number of carbonyl (C=O) groups is 2. The summed E-state index contributed by atoms with van der Waals surface area (Å²) in [6.07, 6.45) is 20.1. The molecule has 0 saturated carbocycles. The highest BCUT2D eigenvalue weighted by Crippen LogP contribution is 2.15. The van der Waals surface area contributed by atoms with Gasteiger partial charge >= 0.3 is 5.97 Å². The van der Waals surface area contributed by atoms with Crippen molar-refractivity contribution in [3.05, 3.63) is 24.3 Å². The van der Waals surface area contributed by atoms with E-state index in [2.05, 4.69) is 13.0 Å². The van der Waals surface area contributed by atoms with E-state index in [4.69, 9.17) is 4.74 Å². The summed E-state index contributed by atoms with van der Waals surface area (Å²) in [5, 5.41) is 0. The molecule has 0 aromatic heterocycles. The van der Waals surface area contributed by atoms with Gasteiger partial charge < -0.3 is 4.74 Å². The Morgan fingerprint density at radius 2 is 1.50 bits per heavy atom. The van der Waals surface area contributed by atoms with E-state index in [0.717, 1.165) is 38.5 Å². The standard InChI is InChI=1S/C21H36O3/c1-4-5-17-21(24-20(3)23)18-15-13-11-9-7-6-8-10-12-14-16-19(2)22/h8,10,12,14,21H,4-7,9,11,13,15-18H2,1-3H3. The predicted octanol–water partition coefficient (Wildman–Crippen LogP) is 5.93. The summed E-state index contributed by atoms with van der Waals surface area (Å²) < 4.78 is 5.38. The van der Waals surface area contributed by atoms with Crippen LogP contribution in [0.5, 0.6) is 0 Å². The Bertz CT molecular complexity index is 383. The molecule has 1 unspecified atom stereocenters. The summed E-state index contributed by atoms with van der Waals surface area (Å²) in [5.74, 6) is 0.0468. The highest BCUT2D eigenvalue weighted by Gasteiger charge is 2.10. The van der Waals surface area contributed by atoms with E-state index in [1.807, 2.05) is 18.2 Å². The molecule has 0 saturated heterocycles. The zero-order valence-electron chi connectivity index (χ0n) is 15.9. The van der Waals surface area contributed by atoms with Crippen molar-refractivity contribution < 1.29 is 14.3 Å². The Morgan fingerprint density at radius 3 is 2.17 bits per heavy atom. The fourth-order valence-electron chi connectivity index (χ4n) is 2.58. The van der Waals surface area contributed by atoms with Gasteiger partial charge in [-0.15, -0.1) is 0 Å². The van der Waals surface area contributed by atoms with Crippen molar-refractivity contribution in [2.45, 2.75) is 97.5 Å². The molecule has 0 amide bonds. The zero-order chi connectivity index (χ0) is 18.0. The number of unbranched alkanes of at least 4 members (excludes halogenated alkanes) is 6. The second-order valence-corrected chi connectivity index (χ2v) is 6.48. The van der Waals surface area contributed by atoms with Crippen LogP contribution in [-0.4, -0.2) is 17.9 Å². The molecule has 0 aliphatic rings. The molecule has 0 heterocycles. The van der Waals surface area contributed by atoms with Gasteiger partial charge in [0.15, 0.2) is 0 Å². The molecule has 3 nitrogen and oxygen atoms in total. The van der Waals surface area contributed by atoms with Gasteiger partial charge in [-0.05, 0) is 39.0 Å². The van der Waals surface area contributed by atoms with Crippen LogP contribution in [0.4, 0.5) is 0 Å². The Labute approximate surface area is 148 Å². The van der Waals surface area contributed by atoms with Crippen LogP contribution in [0, 0.1) is 0 Å². The molecular formula is C21H36O3. The summed E-state index contributed by atoms with van der Waals surface area (Å²) in [5.41, 5.74) is 0. The molecule has 0 radical (unpaired) electrons. The Balaban J connectivity index is 3.56. The lowest BCUT2D eigenvalue weighted by Crippen LogP contribution is -2.16. The fourth-order valence-corrected chi connectivity index (χ4v) is 2.58. The van der Waals surface area contributed by atoms with E-state index in [-0.39, 0.29) is 17.9 Å². The maximum Gasteiger partial charge on any atom is 0.302 e. The van der Waals surface area contributed by atoms with Crippen LogP contribution in [0.2, 0.25) is 0 Å². The Hall–Kier alpha value is -1.38. The summed E-state index contributed by atoms with van der Waals surface area (Å²) in [7, 11) is 0. The minimum atomic E-state index is -0.153. The number of allylic oxidation sites excluding steroid dienone is 4. The highest BCUT2D eigenvalue weighted by atomic mass is 16.5. The average molecular weight is 337 g/mol. The van der Waals surface area contributed by atoms with Gasteiger partial charge in [-0.2, -0.15) is 0 Å². The van der Waals surface area contributed by atoms with Gasteiger partial charge in [0.05, 0.1) is 0 Å². The van der Waals surface area contributed by atoms with Crippen molar-refractivity contribution in [3.63, 3.8) is 0 Å². The lowest BCUT2D eigenvalue weighted by molar-refractivity contribution is -0.147. The van der Waals surface area contributed by atoms with E-state index in [9.17, 15) is 9.59 Å². The average Bonchev–Trinajstić information content (AvgIpc) is 2.52. The fraction of sp³-hybridized carbons (Fsp3) is 0.714. The molecule has 0 aliphatic carbocycles. The van der Waals surface area contributed by atoms with E-state index in [0.29, 0.717) is 6.42 Å². The molecule has 138 valence electrons. The molecule has 0 rings (SSSR count).